The molecule has 0 saturated carbocycles. The predicted octanol–water partition coefficient (Wildman–Crippen LogP) is 7.09. The van der Waals surface area contributed by atoms with E-state index in [2.05, 4.69) is 5.32 Å². The number of aliphatic imine (C=N–C) groups is 1. The number of aliphatic hydroxyl groups excluding tert-OH is 1. The van der Waals surface area contributed by atoms with Gasteiger partial charge in [-0.2, -0.15) is 0 Å². The van der Waals surface area contributed by atoms with E-state index < -0.39 is 42.6 Å². The third-order valence-corrected chi connectivity index (χ3v) is 9.81. The van der Waals surface area contributed by atoms with Crippen molar-refractivity contribution in [1.29, 1.82) is 0 Å². The highest BCUT2D eigenvalue weighted by molar-refractivity contribution is 6.23. The maximum absolute atomic E-state index is 13.3. The van der Waals surface area contributed by atoms with Gasteiger partial charge in [0.1, 0.15) is 24.0 Å². The molecular formula is C45H54N2O11. The van der Waals surface area contributed by atoms with Crippen molar-refractivity contribution in [3.63, 3.8) is 0 Å². The molecule has 1 saturated heterocycles. The Hall–Kier alpha value is -5.21. The number of carboxylic acids is 1. The van der Waals surface area contributed by atoms with E-state index in [-0.39, 0.29) is 67.7 Å². The molecule has 5 rings (SSSR count). The van der Waals surface area contributed by atoms with Crippen LogP contribution >= 0.6 is 0 Å². The normalized spacial score (nSPS) is 22.0. The molecule has 13 heteroatoms. The number of carbonyl (C=O) groups excluding carboxylic acids is 3. The Kier molecular flexibility index (Phi) is 15.9. The number of aliphatic carboxylic acids is 1. The Balaban J connectivity index is 1.38. The van der Waals surface area contributed by atoms with Crippen molar-refractivity contribution < 1.29 is 53.1 Å². The van der Waals surface area contributed by atoms with Crippen molar-refractivity contribution in [3.8, 4) is 0 Å². The van der Waals surface area contributed by atoms with Crippen LogP contribution in [-0.4, -0.2) is 76.8 Å². The number of amides is 1. The minimum atomic E-state index is -1.02. The van der Waals surface area contributed by atoms with Crippen LogP contribution in [0.3, 0.4) is 0 Å². The Morgan fingerprint density at radius 2 is 1.41 bits per heavy atom. The molecule has 0 radical (unpaired) electrons. The summed E-state index contributed by atoms with van der Waals surface area (Å²) in [7, 11) is 0. The third-order valence-electron chi connectivity index (χ3n) is 9.81. The first-order chi connectivity index (χ1) is 27.8. The summed E-state index contributed by atoms with van der Waals surface area (Å²) in [4.78, 5) is 54.3. The molecule has 1 amide bonds. The number of Topliss-reactive ketones (excluding diaryl/α,β-unsaturated/α-hetero) is 1. The summed E-state index contributed by atoms with van der Waals surface area (Å²) in [5.74, 6) is -2.06. The molecule has 0 spiro atoms. The lowest BCUT2D eigenvalue weighted by molar-refractivity contribution is -0.287. The third kappa shape index (κ3) is 13.2. The predicted molar refractivity (Wildman–Crippen MR) is 215 cm³/mol. The van der Waals surface area contributed by atoms with Gasteiger partial charge in [-0.1, -0.05) is 86.6 Å². The van der Waals surface area contributed by atoms with E-state index in [0.717, 1.165) is 16.7 Å². The van der Waals surface area contributed by atoms with Crippen molar-refractivity contribution in [2.75, 3.05) is 6.61 Å². The van der Waals surface area contributed by atoms with Gasteiger partial charge in [0.05, 0.1) is 43.4 Å². The highest BCUT2D eigenvalue weighted by Gasteiger charge is 2.50. The van der Waals surface area contributed by atoms with Crippen LogP contribution in [0.2, 0.25) is 0 Å². The van der Waals surface area contributed by atoms with Gasteiger partial charge in [-0.3, -0.25) is 24.2 Å². The van der Waals surface area contributed by atoms with Gasteiger partial charge in [0.25, 0.3) is 0 Å². The van der Waals surface area contributed by atoms with Crippen LogP contribution in [0.15, 0.2) is 101 Å². The fraction of sp³-hybridized carbons (Fsp3) is 0.444. The number of unbranched alkanes of at least 4 members (excludes halogenated alkanes) is 1. The molecule has 1 aliphatic carbocycles. The number of hydrogen-bond donors (Lipinski definition) is 3. The van der Waals surface area contributed by atoms with Gasteiger partial charge < -0.3 is 39.2 Å². The molecular weight excluding hydrogens is 744 g/mol. The maximum Gasteiger partial charge on any atom is 0.303 e. The zero-order chi connectivity index (χ0) is 41.7. The van der Waals surface area contributed by atoms with Crippen LogP contribution in [0, 0.1) is 5.41 Å². The number of carboxylic acid groups (broad SMARTS) is 1. The molecule has 0 bridgehead atoms. The second-order valence-electron chi connectivity index (χ2n) is 15.5. The molecule has 13 nitrogen and oxygen atoms in total. The van der Waals surface area contributed by atoms with Crippen molar-refractivity contribution in [2.45, 2.75) is 117 Å². The van der Waals surface area contributed by atoms with E-state index >= 15 is 0 Å². The molecule has 1 aliphatic heterocycles. The second-order valence-corrected chi connectivity index (χ2v) is 15.5. The largest absolute Gasteiger partial charge is 0.511 e. The van der Waals surface area contributed by atoms with Gasteiger partial charge in [0.15, 0.2) is 18.2 Å². The van der Waals surface area contributed by atoms with E-state index in [1.165, 1.54) is 13.8 Å². The Morgan fingerprint density at radius 3 is 2.02 bits per heavy atom. The Morgan fingerprint density at radius 1 is 0.810 bits per heavy atom. The summed E-state index contributed by atoms with van der Waals surface area (Å²) in [6.07, 6.45) is -1.95. The number of ether oxygens (including phenoxy) is 5. The maximum atomic E-state index is 13.3. The first kappa shape index (κ1) is 43.9. The van der Waals surface area contributed by atoms with Crippen molar-refractivity contribution in [2.24, 2.45) is 10.4 Å². The SMILES string of the molecule is CC(=O)N[C@H]1[C@@H](OCc2ccccc2)O[C@H](COCc2ccccc2)[C@@H](OCc2ccc(N=C(CCCCC(=O)O)C3=C(O)CC(C)(C)CC3=O)cc2)[C@@H]1OC(C)=O. The van der Waals surface area contributed by atoms with E-state index in [1.807, 2.05) is 86.6 Å². The quantitative estimate of drug-likeness (QED) is 0.0641. The summed E-state index contributed by atoms with van der Waals surface area (Å²) in [5.41, 5.74) is 3.35. The summed E-state index contributed by atoms with van der Waals surface area (Å²) in [6.45, 7) is 7.05. The number of ketones is 1. The first-order valence-corrected chi connectivity index (χ1v) is 19.6. The smallest absolute Gasteiger partial charge is 0.303 e. The summed E-state index contributed by atoms with van der Waals surface area (Å²) >= 11 is 0. The number of esters is 1. The van der Waals surface area contributed by atoms with Crippen LogP contribution in [0.4, 0.5) is 5.69 Å². The molecule has 0 unspecified atom stereocenters. The Bertz CT molecular complexity index is 1910. The fourth-order valence-corrected chi connectivity index (χ4v) is 7.16. The summed E-state index contributed by atoms with van der Waals surface area (Å²) in [5, 5.41) is 23.0. The zero-order valence-electron chi connectivity index (χ0n) is 33.6. The molecule has 58 heavy (non-hydrogen) atoms. The van der Waals surface area contributed by atoms with Crippen LogP contribution in [0.25, 0.3) is 0 Å². The van der Waals surface area contributed by atoms with Gasteiger partial charge in [-0.15, -0.1) is 0 Å². The van der Waals surface area contributed by atoms with Gasteiger partial charge in [0.2, 0.25) is 5.91 Å². The lowest BCUT2D eigenvalue weighted by atomic mass is 9.75. The number of allylic oxidation sites excluding steroid dienone is 2. The average Bonchev–Trinajstić information content (AvgIpc) is 3.16. The van der Waals surface area contributed by atoms with Crippen LogP contribution in [-0.2, 0) is 62.7 Å². The van der Waals surface area contributed by atoms with E-state index in [4.69, 9.17) is 33.8 Å². The lowest BCUT2D eigenvalue weighted by Crippen LogP contribution is -2.66. The van der Waals surface area contributed by atoms with E-state index in [9.17, 15) is 24.3 Å². The van der Waals surface area contributed by atoms with Crippen molar-refractivity contribution in [1.82, 2.24) is 5.32 Å². The monoisotopic (exact) mass is 798 g/mol. The minimum Gasteiger partial charge on any atom is -0.511 e. The van der Waals surface area contributed by atoms with Crippen molar-refractivity contribution >= 4 is 35.0 Å². The number of hydrogen-bond acceptors (Lipinski definition) is 11. The number of nitrogens with zero attached hydrogens (tertiary/aromatic N) is 1. The number of carbonyl (C=O) groups is 4. The lowest BCUT2D eigenvalue weighted by Gasteiger charge is -2.45. The van der Waals surface area contributed by atoms with E-state index in [0.29, 0.717) is 37.1 Å². The number of nitrogens with one attached hydrogen (secondary N) is 1. The van der Waals surface area contributed by atoms with Gasteiger partial charge in [-0.05, 0) is 53.5 Å². The first-order valence-electron chi connectivity index (χ1n) is 19.6. The minimum absolute atomic E-state index is 0.00661. The molecule has 3 N–H and O–H groups in total. The average molecular weight is 799 g/mol. The molecule has 1 fully saturated rings. The second kappa shape index (κ2) is 21.0. The summed E-state index contributed by atoms with van der Waals surface area (Å²) < 4.78 is 31.3. The van der Waals surface area contributed by atoms with E-state index in [1.54, 1.807) is 12.1 Å². The number of aliphatic hydroxyl groups is 1. The highest BCUT2D eigenvalue weighted by Crippen LogP contribution is 2.37. The van der Waals surface area contributed by atoms with Gasteiger partial charge in [-0.25, -0.2) is 0 Å². The number of rotatable bonds is 19. The van der Waals surface area contributed by atoms with Crippen LogP contribution in [0.1, 0.15) is 82.9 Å². The number of benzene rings is 3. The summed E-state index contributed by atoms with van der Waals surface area (Å²) in [6, 6.07) is 25.4. The molecule has 2 aliphatic rings. The van der Waals surface area contributed by atoms with Gasteiger partial charge in [0, 0.05) is 33.1 Å². The topological polar surface area (TPSA) is 179 Å². The molecule has 3 aromatic carbocycles. The standard InChI is InChI=1S/C45H54N2O11/c1-29(48)46-41-43(57-30(2)49)42(38(28-54-25-31-13-7-5-8-14-31)58-44(41)56-27-32-15-9-6-10-16-32)55-26-33-19-21-34(22-20-33)47-35(17-11-12-18-39(52)53)40-36(50)23-45(3,4)24-37(40)51/h5-10,13-16,19-22,38,41-44,50H,11-12,17-18,23-28H2,1-4H3,(H,46,48)(H,52,53)/t38-,41-,42-,43-,44+/m1/s1. The van der Waals surface area contributed by atoms with Crippen LogP contribution in [0.5, 0.6) is 0 Å². The van der Waals surface area contributed by atoms with Crippen LogP contribution < -0.4 is 5.32 Å². The molecule has 310 valence electrons. The zero-order valence-corrected chi connectivity index (χ0v) is 33.6. The van der Waals surface area contributed by atoms with Crippen molar-refractivity contribution in [3.05, 3.63) is 113 Å². The molecule has 3 aromatic rings. The Labute approximate surface area is 339 Å². The molecule has 5 atom stereocenters. The molecule has 0 aromatic heterocycles. The fourth-order valence-electron chi connectivity index (χ4n) is 7.16. The highest BCUT2D eigenvalue weighted by atomic mass is 16.7. The molecule has 1 heterocycles. The van der Waals surface area contributed by atoms with Gasteiger partial charge >= 0.3 is 11.9 Å².